The molecule has 3 nitrogen and oxygen atoms in total. The first-order valence-electron chi connectivity index (χ1n) is 5.17. The van der Waals surface area contributed by atoms with Crippen LogP contribution in [0.15, 0.2) is 29.4 Å². The number of aryl methyl sites for hydroxylation is 1. The van der Waals surface area contributed by atoms with Crippen LogP contribution in [0, 0.1) is 11.8 Å². The third-order valence-corrected chi connectivity index (χ3v) is 4.22. The average molecular weight is 263 g/mol. The second-order valence-electron chi connectivity index (χ2n) is 3.41. The Morgan fingerprint density at radius 3 is 3.12 bits per heavy atom. The number of thiophene rings is 1. The van der Waals surface area contributed by atoms with Crippen LogP contribution in [0.4, 0.5) is 0 Å². The van der Waals surface area contributed by atoms with E-state index >= 15 is 0 Å². The molecule has 2 rings (SSSR count). The number of thioether (sulfide) groups is 1. The Kier molecular flexibility index (Phi) is 4.26. The molecule has 0 atom stereocenters. The minimum absolute atomic E-state index is 0.414. The predicted molar refractivity (Wildman–Crippen MR) is 73.0 cm³/mol. The molecule has 0 bridgehead atoms. The standard InChI is InChI=1S/C12H13N3S2/c1-15-8-12(7-14-15)16-9-11-5-4-10(17-11)3-2-6-13/h4-5,7-8H,6,9,13H2,1H3. The third-order valence-electron chi connectivity index (χ3n) is 2.04. The SMILES string of the molecule is Cn1cc(SCc2ccc(C#CCN)s2)cn1. The van der Waals surface area contributed by atoms with E-state index in [0.29, 0.717) is 6.54 Å². The lowest BCUT2D eigenvalue weighted by molar-refractivity contribution is 0.766. The monoisotopic (exact) mass is 263 g/mol. The topological polar surface area (TPSA) is 43.8 Å². The van der Waals surface area contributed by atoms with Gasteiger partial charge in [-0.25, -0.2) is 0 Å². The normalized spacial score (nSPS) is 10.0. The van der Waals surface area contributed by atoms with Crippen LogP contribution in [0.1, 0.15) is 9.75 Å². The van der Waals surface area contributed by atoms with Crippen molar-refractivity contribution in [3.05, 3.63) is 34.3 Å². The second kappa shape index (κ2) is 5.92. The summed E-state index contributed by atoms with van der Waals surface area (Å²) in [5.41, 5.74) is 5.34. The molecule has 0 spiro atoms. The van der Waals surface area contributed by atoms with Gasteiger partial charge in [-0.2, -0.15) is 5.10 Å². The van der Waals surface area contributed by atoms with E-state index in [-0.39, 0.29) is 0 Å². The highest BCUT2D eigenvalue weighted by molar-refractivity contribution is 7.98. The second-order valence-corrected chi connectivity index (χ2v) is 5.63. The molecule has 0 aromatic carbocycles. The quantitative estimate of drug-likeness (QED) is 0.681. The van der Waals surface area contributed by atoms with E-state index in [1.807, 2.05) is 30.2 Å². The summed E-state index contributed by atoms with van der Waals surface area (Å²) in [7, 11) is 1.93. The van der Waals surface area contributed by atoms with Gasteiger partial charge in [0.1, 0.15) is 0 Å². The van der Waals surface area contributed by atoms with E-state index < -0.39 is 0 Å². The van der Waals surface area contributed by atoms with Gasteiger partial charge in [0.15, 0.2) is 0 Å². The highest BCUT2D eigenvalue weighted by Gasteiger charge is 2.01. The van der Waals surface area contributed by atoms with Crippen molar-refractivity contribution in [2.75, 3.05) is 6.54 Å². The van der Waals surface area contributed by atoms with Gasteiger partial charge in [-0.05, 0) is 12.1 Å². The Labute approximate surface area is 109 Å². The Hall–Kier alpha value is -1.22. The predicted octanol–water partition coefficient (Wildman–Crippen LogP) is 2.08. The van der Waals surface area contributed by atoms with Crippen LogP contribution >= 0.6 is 23.1 Å². The summed E-state index contributed by atoms with van der Waals surface area (Å²) in [6.45, 7) is 0.414. The summed E-state index contributed by atoms with van der Waals surface area (Å²) >= 11 is 3.51. The van der Waals surface area contributed by atoms with E-state index in [0.717, 1.165) is 10.6 Å². The van der Waals surface area contributed by atoms with Crippen LogP contribution < -0.4 is 5.73 Å². The van der Waals surface area contributed by atoms with Crippen LogP contribution in [-0.4, -0.2) is 16.3 Å². The summed E-state index contributed by atoms with van der Waals surface area (Å²) in [6.07, 6.45) is 3.90. The van der Waals surface area contributed by atoms with Crippen molar-refractivity contribution in [2.24, 2.45) is 12.8 Å². The molecule has 0 aliphatic rings. The van der Waals surface area contributed by atoms with E-state index in [4.69, 9.17) is 5.73 Å². The lowest BCUT2D eigenvalue weighted by Crippen LogP contribution is -1.92. The lowest BCUT2D eigenvalue weighted by Gasteiger charge is -1.93. The van der Waals surface area contributed by atoms with E-state index in [9.17, 15) is 0 Å². The molecule has 0 saturated carbocycles. The highest BCUT2D eigenvalue weighted by Crippen LogP contribution is 2.26. The molecule has 2 N–H and O–H groups in total. The molecule has 0 radical (unpaired) electrons. The summed E-state index contributed by atoms with van der Waals surface area (Å²) in [5, 5.41) is 4.14. The Morgan fingerprint density at radius 1 is 1.53 bits per heavy atom. The first kappa shape index (κ1) is 12.2. The largest absolute Gasteiger partial charge is 0.320 e. The maximum atomic E-state index is 5.34. The zero-order valence-electron chi connectivity index (χ0n) is 9.51. The molecule has 88 valence electrons. The smallest absolute Gasteiger partial charge is 0.0772 e. The van der Waals surface area contributed by atoms with Crippen molar-refractivity contribution in [3.63, 3.8) is 0 Å². The van der Waals surface area contributed by atoms with Gasteiger partial charge >= 0.3 is 0 Å². The Balaban J connectivity index is 1.93. The van der Waals surface area contributed by atoms with Crippen molar-refractivity contribution in [1.29, 1.82) is 0 Å². The van der Waals surface area contributed by atoms with Crippen LogP contribution in [0.5, 0.6) is 0 Å². The van der Waals surface area contributed by atoms with Gasteiger partial charge in [-0.1, -0.05) is 11.8 Å². The number of rotatable bonds is 3. The van der Waals surface area contributed by atoms with Crippen LogP contribution in [0.25, 0.3) is 0 Å². The van der Waals surface area contributed by atoms with Crippen molar-refractivity contribution >= 4 is 23.1 Å². The lowest BCUT2D eigenvalue weighted by atomic mass is 10.4. The molecular weight excluding hydrogens is 250 g/mol. The maximum Gasteiger partial charge on any atom is 0.0772 e. The fourth-order valence-corrected chi connectivity index (χ4v) is 3.13. The molecule has 2 aromatic rings. The fraction of sp³-hybridized carbons (Fsp3) is 0.250. The van der Waals surface area contributed by atoms with Crippen molar-refractivity contribution in [2.45, 2.75) is 10.6 Å². The summed E-state index contributed by atoms with van der Waals surface area (Å²) < 4.78 is 1.81. The van der Waals surface area contributed by atoms with Crippen molar-refractivity contribution in [3.8, 4) is 11.8 Å². The van der Waals surface area contributed by atoms with Crippen molar-refractivity contribution in [1.82, 2.24) is 9.78 Å². The number of nitrogens with zero attached hydrogens (tertiary/aromatic N) is 2. The van der Waals surface area contributed by atoms with Gasteiger partial charge in [-0.15, -0.1) is 23.1 Å². The molecule has 0 unspecified atom stereocenters. The Bertz CT molecular complexity index is 545. The number of hydrogen-bond acceptors (Lipinski definition) is 4. The molecule has 0 aliphatic carbocycles. The highest BCUT2D eigenvalue weighted by atomic mass is 32.2. The zero-order chi connectivity index (χ0) is 12.1. The minimum atomic E-state index is 0.414. The minimum Gasteiger partial charge on any atom is -0.320 e. The first-order valence-corrected chi connectivity index (χ1v) is 6.97. The van der Waals surface area contributed by atoms with Crippen LogP contribution in [0.3, 0.4) is 0 Å². The van der Waals surface area contributed by atoms with Gasteiger partial charge < -0.3 is 5.73 Å². The van der Waals surface area contributed by atoms with E-state index in [1.165, 1.54) is 9.77 Å². The van der Waals surface area contributed by atoms with Gasteiger partial charge in [0.2, 0.25) is 0 Å². The molecule has 0 aliphatic heterocycles. The van der Waals surface area contributed by atoms with Gasteiger partial charge in [0.25, 0.3) is 0 Å². The molecule has 5 heteroatoms. The van der Waals surface area contributed by atoms with E-state index in [2.05, 4.69) is 23.0 Å². The Morgan fingerprint density at radius 2 is 2.41 bits per heavy atom. The fourth-order valence-electron chi connectivity index (χ4n) is 1.29. The number of aromatic nitrogens is 2. The average Bonchev–Trinajstić information content (AvgIpc) is 2.93. The molecule has 2 aromatic heterocycles. The van der Waals surface area contributed by atoms with Gasteiger partial charge in [0.05, 0.1) is 17.6 Å². The van der Waals surface area contributed by atoms with Crippen LogP contribution in [0.2, 0.25) is 0 Å². The third kappa shape index (κ3) is 3.63. The van der Waals surface area contributed by atoms with E-state index in [1.54, 1.807) is 23.1 Å². The van der Waals surface area contributed by atoms with Crippen LogP contribution in [-0.2, 0) is 12.8 Å². The van der Waals surface area contributed by atoms with Gasteiger partial charge in [-0.3, -0.25) is 4.68 Å². The molecular formula is C12H13N3S2. The van der Waals surface area contributed by atoms with Crippen molar-refractivity contribution < 1.29 is 0 Å². The number of nitrogens with two attached hydrogens (primary N) is 1. The molecule has 2 heterocycles. The van der Waals surface area contributed by atoms with Gasteiger partial charge in [0, 0.05) is 28.8 Å². The molecule has 0 amide bonds. The molecule has 17 heavy (non-hydrogen) atoms. The summed E-state index contributed by atoms with van der Waals surface area (Å²) in [4.78, 5) is 3.59. The first-order chi connectivity index (χ1) is 8.28. The molecule has 0 fully saturated rings. The zero-order valence-corrected chi connectivity index (χ0v) is 11.1. The molecule has 0 saturated heterocycles. The summed E-state index contributed by atoms with van der Waals surface area (Å²) in [6, 6.07) is 4.17. The summed E-state index contributed by atoms with van der Waals surface area (Å²) in [5.74, 6) is 6.87. The number of hydrogen-bond donors (Lipinski definition) is 1. The maximum absolute atomic E-state index is 5.34.